The molecule has 5 heteroatoms. The average molecular weight is 282 g/mol. The Balaban J connectivity index is 2.32. The summed E-state index contributed by atoms with van der Waals surface area (Å²) in [6.07, 6.45) is 0.904. The number of anilines is 1. The summed E-state index contributed by atoms with van der Waals surface area (Å²) in [6.45, 7) is 11.0. The van der Waals surface area contributed by atoms with Crippen molar-refractivity contribution in [2.75, 3.05) is 18.0 Å². The van der Waals surface area contributed by atoms with Gasteiger partial charge in [0.25, 0.3) is 0 Å². The van der Waals surface area contributed by atoms with E-state index in [4.69, 9.17) is 5.73 Å². The zero-order valence-electron chi connectivity index (χ0n) is 12.7. The quantitative estimate of drug-likeness (QED) is 0.920. The molecule has 1 fully saturated rings. The van der Waals surface area contributed by atoms with E-state index >= 15 is 0 Å². The largest absolute Gasteiger partial charge is 0.354 e. The molecule has 108 valence electrons. The lowest BCUT2D eigenvalue weighted by atomic mass is 10.1. The van der Waals surface area contributed by atoms with Gasteiger partial charge in [0.1, 0.15) is 5.82 Å². The molecule has 0 saturated carbocycles. The van der Waals surface area contributed by atoms with E-state index < -0.39 is 0 Å². The molecule has 1 aromatic rings. The van der Waals surface area contributed by atoms with Crippen molar-refractivity contribution in [2.45, 2.75) is 50.7 Å². The van der Waals surface area contributed by atoms with Crippen LogP contribution in [0.1, 0.15) is 32.0 Å². The van der Waals surface area contributed by atoms with Crippen LogP contribution >= 0.6 is 11.8 Å². The van der Waals surface area contributed by atoms with Crippen LogP contribution < -0.4 is 10.6 Å². The molecule has 2 heterocycles. The topological polar surface area (TPSA) is 47.1 Å². The van der Waals surface area contributed by atoms with Crippen molar-refractivity contribution in [3.05, 3.63) is 11.3 Å². The number of thioether (sulfide) groups is 1. The van der Waals surface area contributed by atoms with E-state index in [0.29, 0.717) is 10.5 Å². The first-order valence-corrected chi connectivity index (χ1v) is 8.01. The van der Waals surface area contributed by atoms with Crippen LogP contribution in [0.25, 0.3) is 0 Å². The third-order valence-corrected chi connectivity index (χ3v) is 4.79. The van der Waals surface area contributed by atoms with E-state index in [1.807, 2.05) is 11.7 Å². The van der Waals surface area contributed by atoms with Gasteiger partial charge in [-0.25, -0.2) is 0 Å². The van der Waals surface area contributed by atoms with Gasteiger partial charge in [0.15, 0.2) is 0 Å². The van der Waals surface area contributed by atoms with Crippen molar-refractivity contribution in [3.8, 4) is 0 Å². The van der Waals surface area contributed by atoms with Crippen LogP contribution in [0.5, 0.6) is 0 Å². The van der Waals surface area contributed by atoms with E-state index in [1.54, 1.807) is 0 Å². The van der Waals surface area contributed by atoms with Crippen molar-refractivity contribution in [3.63, 3.8) is 0 Å². The highest BCUT2D eigenvalue weighted by molar-refractivity contribution is 8.00. The third-order valence-electron chi connectivity index (χ3n) is 3.56. The smallest absolute Gasteiger partial charge is 0.130 e. The van der Waals surface area contributed by atoms with E-state index in [0.717, 1.165) is 25.2 Å². The summed E-state index contributed by atoms with van der Waals surface area (Å²) in [5.74, 6) is 1.27. The summed E-state index contributed by atoms with van der Waals surface area (Å²) in [7, 11) is 2.05. The molecule has 0 aromatic carbocycles. The van der Waals surface area contributed by atoms with Crippen LogP contribution in [-0.4, -0.2) is 39.4 Å². The Bertz CT molecular complexity index is 431. The van der Waals surface area contributed by atoms with Crippen LogP contribution in [0.4, 0.5) is 5.82 Å². The summed E-state index contributed by atoms with van der Waals surface area (Å²) in [5, 5.41) is 5.94. The van der Waals surface area contributed by atoms with Crippen molar-refractivity contribution in [1.82, 2.24) is 9.78 Å². The van der Waals surface area contributed by atoms with Crippen molar-refractivity contribution >= 4 is 17.6 Å². The maximum Gasteiger partial charge on any atom is 0.130 e. The number of nitrogens with zero attached hydrogens (tertiary/aromatic N) is 3. The maximum atomic E-state index is 6.00. The maximum absolute atomic E-state index is 6.00. The molecule has 1 aliphatic rings. The van der Waals surface area contributed by atoms with Crippen LogP contribution in [0.2, 0.25) is 0 Å². The molecule has 3 unspecified atom stereocenters. The minimum atomic E-state index is 0.177. The number of hydrogen-bond donors (Lipinski definition) is 1. The Morgan fingerprint density at radius 1 is 1.37 bits per heavy atom. The van der Waals surface area contributed by atoms with Gasteiger partial charge in [0.05, 0.1) is 5.69 Å². The highest BCUT2D eigenvalue weighted by Crippen LogP contribution is 2.31. The van der Waals surface area contributed by atoms with Crippen LogP contribution in [-0.2, 0) is 13.5 Å². The minimum absolute atomic E-state index is 0.177. The second-order valence-corrected chi connectivity index (χ2v) is 7.74. The molecule has 0 amide bonds. The molecular weight excluding hydrogens is 256 g/mol. The second-order valence-electron chi connectivity index (χ2n) is 5.85. The third kappa shape index (κ3) is 3.26. The predicted molar refractivity (Wildman–Crippen MR) is 84.0 cm³/mol. The lowest BCUT2D eigenvalue weighted by molar-refractivity contribution is 0.663. The van der Waals surface area contributed by atoms with Gasteiger partial charge in [-0.05, 0) is 20.3 Å². The van der Waals surface area contributed by atoms with E-state index in [9.17, 15) is 0 Å². The van der Waals surface area contributed by atoms with Gasteiger partial charge in [-0.1, -0.05) is 13.8 Å². The molecule has 0 aliphatic carbocycles. The first-order valence-electron chi connectivity index (χ1n) is 7.07. The molecule has 1 aliphatic heterocycles. The van der Waals surface area contributed by atoms with Gasteiger partial charge in [0.2, 0.25) is 0 Å². The summed E-state index contributed by atoms with van der Waals surface area (Å²) in [5.41, 5.74) is 8.44. The highest BCUT2D eigenvalue weighted by atomic mass is 32.2. The molecule has 0 spiro atoms. The lowest BCUT2D eigenvalue weighted by Crippen LogP contribution is -2.42. The minimum Gasteiger partial charge on any atom is -0.354 e. The predicted octanol–water partition coefficient (Wildman–Crippen LogP) is 1.95. The Labute approximate surface area is 120 Å². The van der Waals surface area contributed by atoms with Gasteiger partial charge in [-0.3, -0.25) is 4.68 Å². The standard InChI is InChI=1S/C14H26N4S/c1-9(15)6-13-12(4)16-17(5)14(13)18-7-10(2)19-11(3)8-18/h9-11H,6-8,15H2,1-5H3. The van der Waals surface area contributed by atoms with Crippen LogP contribution in [0, 0.1) is 6.92 Å². The monoisotopic (exact) mass is 282 g/mol. The van der Waals surface area contributed by atoms with Gasteiger partial charge in [-0.15, -0.1) is 0 Å². The molecular formula is C14H26N4S. The van der Waals surface area contributed by atoms with E-state index in [2.05, 4.69) is 49.5 Å². The van der Waals surface area contributed by atoms with Crippen molar-refractivity contribution in [1.29, 1.82) is 0 Å². The Morgan fingerprint density at radius 2 is 1.95 bits per heavy atom. The van der Waals surface area contributed by atoms with Gasteiger partial charge < -0.3 is 10.6 Å². The van der Waals surface area contributed by atoms with Gasteiger partial charge >= 0.3 is 0 Å². The zero-order chi connectivity index (χ0) is 14.2. The van der Waals surface area contributed by atoms with Crippen molar-refractivity contribution in [2.24, 2.45) is 12.8 Å². The summed E-state index contributed by atoms with van der Waals surface area (Å²) in [6, 6.07) is 0.177. The molecule has 3 atom stereocenters. The first kappa shape index (κ1) is 14.7. The fourth-order valence-electron chi connectivity index (χ4n) is 3.00. The average Bonchev–Trinajstić information content (AvgIpc) is 2.51. The van der Waals surface area contributed by atoms with Gasteiger partial charge in [0, 0.05) is 42.2 Å². The Kier molecular flexibility index (Phi) is 4.46. The fourth-order valence-corrected chi connectivity index (χ4v) is 4.32. The normalized spacial score (nSPS) is 25.7. The summed E-state index contributed by atoms with van der Waals surface area (Å²) >= 11 is 2.08. The van der Waals surface area contributed by atoms with Gasteiger partial charge in [-0.2, -0.15) is 16.9 Å². The second kappa shape index (κ2) is 5.75. The number of aryl methyl sites for hydroxylation is 2. The van der Waals surface area contributed by atoms with E-state index in [1.165, 1.54) is 11.4 Å². The van der Waals surface area contributed by atoms with Crippen LogP contribution in [0.15, 0.2) is 0 Å². The SMILES string of the molecule is Cc1nn(C)c(N2CC(C)SC(C)C2)c1CC(C)N. The van der Waals surface area contributed by atoms with E-state index in [-0.39, 0.29) is 6.04 Å². The molecule has 19 heavy (non-hydrogen) atoms. The molecule has 1 aromatic heterocycles. The summed E-state index contributed by atoms with van der Waals surface area (Å²) < 4.78 is 2.03. The number of nitrogens with two attached hydrogens (primary N) is 1. The zero-order valence-corrected chi connectivity index (χ0v) is 13.5. The molecule has 2 rings (SSSR count). The Hall–Kier alpha value is -0.680. The molecule has 0 radical (unpaired) electrons. The number of hydrogen-bond acceptors (Lipinski definition) is 4. The lowest BCUT2D eigenvalue weighted by Gasteiger charge is -2.36. The molecule has 2 N–H and O–H groups in total. The fraction of sp³-hybridized carbons (Fsp3) is 0.786. The molecule has 0 bridgehead atoms. The first-order chi connectivity index (χ1) is 8.88. The van der Waals surface area contributed by atoms with Crippen LogP contribution in [0.3, 0.4) is 0 Å². The highest BCUT2D eigenvalue weighted by Gasteiger charge is 2.27. The molecule has 4 nitrogen and oxygen atoms in total. The summed E-state index contributed by atoms with van der Waals surface area (Å²) in [4.78, 5) is 2.49. The number of rotatable bonds is 3. The van der Waals surface area contributed by atoms with Crippen molar-refractivity contribution < 1.29 is 0 Å². The molecule has 1 saturated heterocycles. The number of aromatic nitrogens is 2. The Morgan fingerprint density at radius 3 is 2.47 bits per heavy atom.